The standard InChI is InChI=1S/C15H16BrN3O2S/c1-15(2)13(20)12(19-5-6-22-14(19)18-8-17)10-7-9(16)3-4-11(10)21-15/h3-4,7,12-13,20H,5-6H2,1-2H3/t12-,13+/m0/s1. The van der Waals surface area contributed by atoms with Crippen molar-refractivity contribution in [1.29, 1.82) is 5.26 Å². The van der Waals surface area contributed by atoms with Crippen molar-refractivity contribution < 1.29 is 9.84 Å². The van der Waals surface area contributed by atoms with Gasteiger partial charge in [0.1, 0.15) is 17.5 Å². The second-order valence-corrected chi connectivity index (χ2v) is 7.79. The summed E-state index contributed by atoms with van der Waals surface area (Å²) in [6, 6.07) is 5.51. The van der Waals surface area contributed by atoms with Crippen LogP contribution in [0.4, 0.5) is 0 Å². The molecule has 1 saturated heterocycles. The molecule has 0 unspecified atom stereocenters. The zero-order chi connectivity index (χ0) is 15.9. The van der Waals surface area contributed by atoms with Gasteiger partial charge in [0, 0.05) is 22.3 Å². The second kappa shape index (κ2) is 5.76. The van der Waals surface area contributed by atoms with Crippen LogP contribution >= 0.6 is 27.7 Å². The molecule has 0 spiro atoms. The van der Waals surface area contributed by atoms with Gasteiger partial charge in [-0.3, -0.25) is 0 Å². The van der Waals surface area contributed by atoms with Gasteiger partial charge in [0.15, 0.2) is 5.17 Å². The van der Waals surface area contributed by atoms with Crippen LogP contribution in [-0.2, 0) is 0 Å². The van der Waals surface area contributed by atoms with Gasteiger partial charge in [-0.15, -0.1) is 4.99 Å². The molecule has 0 radical (unpaired) electrons. The lowest BCUT2D eigenvalue weighted by Gasteiger charge is -2.45. The normalized spacial score (nSPS) is 28.1. The highest BCUT2D eigenvalue weighted by Gasteiger charge is 2.47. The van der Waals surface area contributed by atoms with Crippen LogP contribution in [0.3, 0.4) is 0 Å². The fourth-order valence-electron chi connectivity index (χ4n) is 2.89. The highest BCUT2D eigenvalue weighted by molar-refractivity contribution is 9.10. The number of rotatable bonds is 1. The van der Waals surface area contributed by atoms with Crippen molar-refractivity contribution in [1.82, 2.24) is 4.90 Å². The lowest BCUT2D eigenvalue weighted by molar-refractivity contribution is -0.0800. The number of nitriles is 1. The van der Waals surface area contributed by atoms with Crippen molar-refractivity contribution in [2.45, 2.75) is 31.6 Å². The number of hydrogen-bond acceptors (Lipinski definition) is 5. The predicted octanol–water partition coefficient (Wildman–Crippen LogP) is 2.91. The van der Waals surface area contributed by atoms with Crippen LogP contribution in [-0.4, -0.2) is 39.2 Å². The summed E-state index contributed by atoms with van der Waals surface area (Å²) in [7, 11) is 0. The number of hydrogen-bond donors (Lipinski definition) is 1. The van der Waals surface area contributed by atoms with Gasteiger partial charge in [0.05, 0.1) is 6.04 Å². The molecule has 0 saturated carbocycles. The van der Waals surface area contributed by atoms with Gasteiger partial charge in [0.25, 0.3) is 0 Å². The second-order valence-electron chi connectivity index (χ2n) is 5.81. The van der Waals surface area contributed by atoms with Crippen LogP contribution < -0.4 is 4.74 Å². The van der Waals surface area contributed by atoms with Gasteiger partial charge < -0.3 is 14.7 Å². The van der Waals surface area contributed by atoms with E-state index < -0.39 is 11.7 Å². The van der Waals surface area contributed by atoms with E-state index in [1.807, 2.05) is 43.1 Å². The van der Waals surface area contributed by atoms with Gasteiger partial charge in [0.2, 0.25) is 6.19 Å². The van der Waals surface area contributed by atoms with Gasteiger partial charge in [-0.05, 0) is 32.0 Å². The van der Waals surface area contributed by atoms with Crippen LogP contribution in [0.15, 0.2) is 27.7 Å². The van der Waals surface area contributed by atoms with Crippen molar-refractivity contribution >= 4 is 32.9 Å². The Balaban J connectivity index is 2.11. The van der Waals surface area contributed by atoms with Crippen molar-refractivity contribution in [3.63, 3.8) is 0 Å². The maximum absolute atomic E-state index is 10.9. The molecule has 1 fully saturated rings. The molecule has 5 nitrogen and oxygen atoms in total. The molecule has 3 rings (SSSR count). The number of nitrogens with zero attached hydrogens (tertiary/aromatic N) is 3. The first kappa shape index (κ1) is 15.7. The monoisotopic (exact) mass is 381 g/mol. The third-order valence-electron chi connectivity index (χ3n) is 3.97. The lowest BCUT2D eigenvalue weighted by Crippen LogP contribution is -2.53. The molecule has 0 aromatic heterocycles. The number of aliphatic hydroxyl groups is 1. The minimum atomic E-state index is -0.725. The highest BCUT2D eigenvalue weighted by atomic mass is 79.9. The fraction of sp³-hybridized carbons (Fsp3) is 0.467. The smallest absolute Gasteiger partial charge is 0.208 e. The molecule has 7 heteroatoms. The molecule has 116 valence electrons. The summed E-state index contributed by atoms with van der Waals surface area (Å²) in [4.78, 5) is 5.91. The zero-order valence-corrected chi connectivity index (χ0v) is 14.7. The first-order valence-corrected chi connectivity index (χ1v) is 8.74. The summed E-state index contributed by atoms with van der Waals surface area (Å²) in [5.41, 5.74) is 0.200. The highest BCUT2D eigenvalue weighted by Crippen LogP contribution is 2.45. The van der Waals surface area contributed by atoms with E-state index in [4.69, 9.17) is 10.00 Å². The van der Waals surface area contributed by atoms with E-state index >= 15 is 0 Å². The van der Waals surface area contributed by atoms with Crippen LogP contribution in [0, 0.1) is 11.5 Å². The van der Waals surface area contributed by atoms with Crippen molar-refractivity contribution in [3.8, 4) is 11.9 Å². The zero-order valence-electron chi connectivity index (χ0n) is 12.3. The van der Waals surface area contributed by atoms with E-state index in [2.05, 4.69) is 20.9 Å². The average molecular weight is 382 g/mol. The van der Waals surface area contributed by atoms with Crippen LogP contribution in [0.5, 0.6) is 5.75 Å². The van der Waals surface area contributed by atoms with Gasteiger partial charge >= 0.3 is 0 Å². The summed E-state index contributed by atoms with van der Waals surface area (Å²) in [6.07, 6.45) is 1.13. The number of aliphatic hydroxyl groups excluding tert-OH is 1. The Morgan fingerprint density at radius 1 is 1.55 bits per heavy atom. The van der Waals surface area contributed by atoms with E-state index in [1.165, 1.54) is 11.8 Å². The SMILES string of the molecule is CC1(C)Oc2ccc(Br)cc2[C@H](N2CCSC2=NC#N)[C@H]1O. The van der Waals surface area contributed by atoms with E-state index in [0.717, 1.165) is 28.1 Å². The maximum atomic E-state index is 10.9. The number of aliphatic imine (C=N–C) groups is 1. The van der Waals surface area contributed by atoms with E-state index in [0.29, 0.717) is 5.17 Å². The molecule has 2 atom stereocenters. The maximum Gasteiger partial charge on any atom is 0.208 e. The molecule has 2 aliphatic heterocycles. The minimum absolute atomic E-state index is 0.279. The number of benzene rings is 1. The third kappa shape index (κ3) is 2.60. The molecular weight excluding hydrogens is 366 g/mol. The number of fused-ring (bicyclic) bond motifs is 1. The van der Waals surface area contributed by atoms with Gasteiger partial charge in [-0.25, -0.2) is 0 Å². The Kier molecular flexibility index (Phi) is 4.10. The number of halogens is 1. The fourth-order valence-corrected chi connectivity index (χ4v) is 4.21. The van der Waals surface area contributed by atoms with E-state index in [-0.39, 0.29) is 6.04 Å². The van der Waals surface area contributed by atoms with E-state index in [9.17, 15) is 5.11 Å². The van der Waals surface area contributed by atoms with Crippen LogP contribution in [0.2, 0.25) is 0 Å². The van der Waals surface area contributed by atoms with Gasteiger partial charge in [-0.2, -0.15) is 5.26 Å². The predicted molar refractivity (Wildman–Crippen MR) is 89.8 cm³/mol. The minimum Gasteiger partial charge on any atom is -0.485 e. The summed E-state index contributed by atoms with van der Waals surface area (Å²) in [6.45, 7) is 4.49. The Morgan fingerprint density at radius 2 is 2.32 bits per heavy atom. The Labute approximate surface area is 142 Å². The van der Waals surface area contributed by atoms with Gasteiger partial charge in [-0.1, -0.05) is 27.7 Å². The molecule has 1 aromatic rings. The number of amidine groups is 1. The first-order chi connectivity index (χ1) is 10.4. The Hall–Kier alpha value is -1.23. The molecule has 1 N–H and O–H groups in total. The first-order valence-electron chi connectivity index (χ1n) is 6.97. The molecule has 2 aliphatic rings. The van der Waals surface area contributed by atoms with Crippen molar-refractivity contribution in [2.75, 3.05) is 12.3 Å². The number of thioether (sulfide) groups is 1. The lowest BCUT2D eigenvalue weighted by atomic mass is 9.86. The summed E-state index contributed by atoms with van der Waals surface area (Å²) in [5.74, 6) is 1.62. The van der Waals surface area contributed by atoms with Crippen molar-refractivity contribution in [2.24, 2.45) is 4.99 Å². The molecular formula is C15H16BrN3O2S. The summed E-state index contributed by atoms with van der Waals surface area (Å²) < 4.78 is 6.89. The van der Waals surface area contributed by atoms with Crippen molar-refractivity contribution in [3.05, 3.63) is 28.2 Å². The van der Waals surface area contributed by atoms with Crippen LogP contribution in [0.25, 0.3) is 0 Å². The largest absolute Gasteiger partial charge is 0.485 e. The molecule has 1 aromatic carbocycles. The quantitative estimate of drug-likeness (QED) is 0.757. The third-order valence-corrected chi connectivity index (χ3v) is 5.43. The number of ether oxygens (including phenoxy) is 1. The summed E-state index contributed by atoms with van der Waals surface area (Å²) in [5, 5.41) is 20.4. The molecule has 0 bridgehead atoms. The molecule has 2 heterocycles. The average Bonchev–Trinajstić information content (AvgIpc) is 2.89. The molecule has 22 heavy (non-hydrogen) atoms. The molecule has 0 aliphatic carbocycles. The topological polar surface area (TPSA) is 68.8 Å². The van der Waals surface area contributed by atoms with E-state index in [1.54, 1.807) is 0 Å². The van der Waals surface area contributed by atoms with Crippen LogP contribution in [0.1, 0.15) is 25.5 Å². The summed E-state index contributed by atoms with van der Waals surface area (Å²) >= 11 is 5.02. The molecule has 0 amide bonds. The Bertz CT molecular complexity index is 671. The Morgan fingerprint density at radius 3 is 3.05 bits per heavy atom.